The van der Waals surface area contributed by atoms with E-state index in [9.17, 15) is 4.79 Å². The van der Waals surface area contributed by atoms with Crippen LogP contribution in [-0.2, 0) is 4.79 Å². The molecule has 0 radical (unpaired) electrons. The van der Waals surface area contributed by atoms with Crippen molar-refractivity contribution in [3.63, 3.8) is 0 Å². The second-order valence-corrected chi connectivity index (χ2v) is 4.04. The van der Waals surface area contributed by atoms with E-state index in [2.05, 4.69) is 24.5 Å². The van der Waals surface area contributed by atoms with E-state index in [0.717, 1.165) is 6.54 Å². The van der Waals surface area contributed by atoms with E-state index < -0.39 is 0 Å². The van der Waals surface area contributed by atoms with Crippen molar-refractivity contribution in [1.82, 2.24) is 10.6 Å². The first-order chi connectivity index (χ1) is 6.60. The molecule has 0 saturated heterocycles. The summed E-state index contributed by atoms with van der Waals surface area (Å²) in [6.07, 6.45) is 2.35. The van der Waals surface area contributed by atoms with Gasteiger partial charge in [-0.15, -0.1) is 0 Å². The van der Waals surface area contributed by atoms with Crippen LogP contribution < -0.4 is 10.6 Å². The standard InChI is InChI=1S/C11H24N2O/c1-5-10(6-2)7-12-8-11(14)13-9(3)4/h9-10,12H,5-8H2,1-4H3,(H,13,14). The van der Waals surface area contributed by atoms with E-state index in [1.165, 1.54) is 12.8 Å². The van der Waals surface area contributed by atoms with Gasteiger partial charge in [0.15, 0.2) is 0 Å². The third-order valence-electron chi connectivity index (χ3n) is 2.32. The average Bonchev–Trinajstić information content (AvgIpc) is 2.11. The van der Waals surface area contributed by atoms with Gasteiger partial charge in [0.05, 0.1) is 6.54 Å². The van der Waals surface area contributed by atoms with Crippen LogP contribution in [0.4, 0.5) is 0 Å². The molecule has 0 aromatic rings. The Bertz CT molecular complexity index is 153. The lowest BCUT2D eigenvalue weighted by molar-refractivity contribution is -0.120. The van der Waals surface area contributed by atoms with Crippen LogP contribution in [0, 0.1) is 5.92 Å². The molecule has 14 heavy (non-hydrogen) atoms. The molecule has 0 bridgehead atoms. The fraction of sp³-hybridized carbons (Fsp3) is 0.909. The van der Waals surface area contributed by atoms with Crippen molar-refractivity contribution in [1.29, 1.82) is 0 Å². The summed E-state index contributed by atoms with van der Waals surface area (Å²) in [6, 6.07) is 0.234. The molecule has 0 heterocycles. The van der Waals surface area contributed by atoms with Gasteiger partial charge in [0, 0.05) is 6.04 Å². The minimum absolute atomic E-state index is 0.0888. The maximum atomic E-state index is 11.2. The third kappa shape index (κ3) is 6.89. The van der Waals surface area contributed by atoms with Crippen molar-refractivity contribution in [2.75, 3.05) is 13.1 Å². The van der Waals surface area contributed by atoms with Crippen LogP contribution in [0.3, 0.4) is 0 Å². The summed E-state index contributed by atoms with van der Waals surface area (Å²) >= 11 is 0. The SMILES string of the molecule is CCC(CC)CNCC(=O)NC(C)C. The first-order valence-corrected chi connectivity index (χ1v) is 5.60. The molecule has 3 heteroatoms. The normalized spacial score (nSPS) is 11.0. The van der Waals surface area contributed by atoms with E-state index in [-0.39, 0.29) is 11.9 Å². The summed E-state index contributed by atoms with van der Waals surface area (Å²) in [7, 11) is 0. The smallest absolute Gasteiger partial charge is 0.234 e. The summed E-state index contributed by atoms with van der Waals surface area (Å²) in [4.78, 5) is 11.2. The zero-order valence-corrected chi connectivity index (χ0v) is 9.89. The molecule has 2 N–H and O–H groups in total. The number of carbonyl (C=O) groups is 1. The Morgan fingerprint density at radius 2 is 1.79 bits per heavy atom. The number of rotatable bonds is 7. The van der Waals surface area contributed by atoms with Crippen LogP contribution >= 0.6 is 0 Å². The van der Waals surface area contributed by atoms with E-state index in [4.69, 9.17) is 0 Å². The lowest BCUT2D eigenvalue weighted by atomic mass is 10.0. The van der Waals surface area contributed by atoms with Crippen LogP contribution in [0.5, 0.6) is 0 Å². The summed E-state index contributed by atoms with van der Waals surface area (Å²) in [5.74, 6) is 0.785. The molecule has 0 aliphatic rings. The first-order valence-electron chi connectivity index (χ1n) is 5.60. The Labute approximate surface area is 87.6 Å². The van der Waals surface area contributed by atoms with Gasteiger partial charge in [-0.2, -0.15) is 0 Å². The molecule has 0 aromatic carbocycles. The van der Waals surface area contributed by atoms with Gasteiger partial charge in [0.1, 0.15) is 0 Å². The molecule has 0 aromatic heterocycles. The minimum atomic E-state index is 0.0888. The highest BCUT2D eigenvalue weighted by Gasteiger charge is 2.05. The molecule has 0 aliphatic carbocycles. The second-order valence-electron chi connectivity index (χ2n) is 4.04. The Morgan fingerprint density at radius 1 is 1.21 bits per heavy atom. The molecule has 0 rings (SSSR count). The number of nitrogens with one attached hydrogen (secondary N) is 2. The Kier molecular flexibility index (Phi) is 7.48. The maximum Gasteiger partial charge on any atom is 0.234 e. The molecule has 3 nitrogen and oxygen atoms in total. The fourth-order valence-electron chi connectivity index (χ4n) is 1.34. The molecule has 0 atom stereocenters. The predicted octanol–water partition coefficient (Wildman–Crippen LogP) is 1.54. The summed E-state index contributed by atoms with van der Waals surface area (Å²) in [5, 5.41) is 6.03. The van der Waals surface area contributed by atoms with Crippen molar-refractivity contribution in [2.45, 2.75) is 46.6 Å². The zero-order valence-electron chi connectivity index (χ0n) is 9.89. The summed E-state index contributed by atoms with van der Waals surface area (Å²) < 4.78 is 0. The lowest BCUT2D eigenvalue weighted by Crippen LogP contribution is -2.39. The molecule has 0 aliphatic heterocycles. The van der Waals surface area contributed by atoms with Crippen molar-refractivity contribution in [3.05, 3.63) is 0 Å². The van der Waals surface area contributed by atoms with Crippen molar-refractivity contribution in [2.24, 2.45) is 5.92 Å². The van der Waals surface area contributed by atoms with Crippen LogP contribution in [-0.4, -0.2) is 25.0 Å². The predicted molar refractivity (Wildman–Crippen MR) is 60.2 cm³/mol. The van der Waals surface area contributed by atoms with E-state index >= 15 is 0 Å². The van der Waals surface area contributed by atoms with E-state index in [1.807, 2.05) is 13.8 Å². The quantitative estimate of drug-likeness (QED) is 0.654. The Hall–Kier alpha value is -0.570. The second kappa shape index (κ2) is 7.80. The number of hydrogen-bond acceptors (Lipinski definition) is 2. The highest BCUT2D eigenvalue weighted by Crippen LogP contribution is 2.04. The maximum absolute atomic E-state index is 11.2. The minimum Gasteiger partial charge on any atom is -0.353 e. The summed E-state index contributed by atoms with van der Waals surface area (Å²) in [5.41, 5.74) is 0. The van der Waals surface area contributed by atoms with Crippen molar-refractivity contribution < 1.29 is 4.79 Å². The van der Waals surface area contributed by atoms with Gasteiger partial charge in [-0.1, -0.05) is 26.7 Å². The number of carbonyl (C=O) groups excluding carboxylic acids is 1. The molecule has 0 fully saturated rings. The summed E-state index contributed by atoms with van der Waals surface area (Å²) in [6.45, 7) is 9.69. The highest BCUT2D eigenvalue weighted by atomic mass is 16.1. The van der Waals surface area contributed by atoms with Gasteiger partial charge < -0.3 is 10.6 Å². The van der Waals surface area contributed by atoms with Crippen LogP contribution in [0.15, 0.2) is 0 Å². The Morgan fingerprint density at radius 3 is 2.21 bits per heavy atom. The molecular formula is C11H24N2O. The highest BCUT2D eigenvalue weighted by molar-refractivity contribution is 5.78. The van der Waals surface area contributed by atoms with Crippen molar-refractivity contribution >= 4 is 5.91 Å². The van der Waals surface area contributed by atoms with Crippen LogP contribution in [0.1, 0.15) is 40.5 Å². The van der Waals surface area contributed by atoms with E-state index in [1.54, 1.807) is 0 Å². The topological polar surface area (TPSA) is 41.1 Å². The van der Waals surface area contributed by atoms with Gasteiger partial charge in [-0.05, 0) is 26.3 Å². The lowest BCUT2D eigenvalue weighted by Gasteiger charge is -2.13. The monoisotopic (exact) mass is 200 g/mol. The Balaban J connectivity index is 3.48. The number of hydrogen-bond donors (Lipinski definition) is 2. The van der Waals surface area contributed by atoms with Gasteiger partial charge >= 0.3 is 0 Å². The molecule has 0 unspecified atom stereocenters. The fourth-order valence-corrected chi connectivity index (χ4v) is 1.34. The first kappa shape index (κ1) is 13.4. The van der Waals surface area contributed by atoms with Crippen molar-refractivity contribution in [3.8, 4) is 0 Å². The molecule has 84 valence electrons. The van der Waals surface area contributed by atoms with E-state index in [0.29, 0.717) is 12.5 Å². The third-order valence-corrected chi connectivity index (χ3v) is 2.32. The molecular weight excluding hydrogens is 176 g/mol. The van der Waals surface area contributed by atoms with Gasteiger partial charge in [0.2, 0.25) is 5.91 Å². The molecule has 0 spiro atoms. The van der Waals surface area contributed by atoms with Crippen LogP contribution in [0.2, 0.25) is 0 Å². The van der Waals surface area contributed by atoms with Crippen LogP contribution in [0.25, 0.3) is 0 Å². The molecule has 0 saturated carbocycles. The van der Waals surface area contributed by atoms with Gasteiger partial charge in [-0.3, -0.25) is 4.79 Å². The van der Waals surface area contributed by atoms with Gasteiger partial charge in [-0.25, -0.2) is 0 Å². The largest absolute Gasteiger partial charge is 0.353 e. The average molecular weight is 200 g/mol. The molecule has 1 amide bonds. The number of amides is 1. The van der Waals surface area contributed by atoms with Gasteiger partial charge in [0.25, 0.3) is 0 Å². The zero-order chi connectivity index (χ0) is 11.0.